The average Bonchev–Trinajstić information content (AvgIpc) is 2.37. The second-order valence-electron chi connectivity index (χ2n) is 3.94. The van der Waals surface area contributed by atoms with Crippen LogP contribution >= 0.6 is 15.9 Å². The van der Waals surface area contributed by atoms with Gasteiger partial charge in [-0.15, -0.1) is 0 Å². The van der Waals surface area contributed by atoms with Crippen LogP contribution < -0.4 is 15.4 Å². The highest BCUT2D eigenvalue weighted by Gasteiger charge is 2.04. The minimum absolute atomic E-state index is 0.705. The van der Waals surface area contributed by atoms with Crippen molar-refractivity contribution in [3.05, 3.63) is 34.6 Å². The normalized spacial score (nSPS) is 10.1. The lowest BCUT2D eigenvalue weighted by Crippen LogP contribution is -2.01. The number of nitrogens with one attached hydrogen (secondary N) is 2. The summed E-state index contributed by atoms with van der Waals surface area (Å²) in [5.74, 6) is 2.99. The van der Waals surface area contributed by atoms with Gasteiger partial charge in [-0.25, -0.2) is 9.97 Å². The molecule has 6 heteroatoms. The van der Waals surface area contributed by atoms with Gasteiger partial charge < -0.3 is 15.4 Å². The van der Waals surface area contributed by atoms with Crippen molar-refractivity contribution < 1.29 is 4.74 Å². The quantitative estimate of drug-likeness (QED) is 0.904. The van der Waals surface area contributed by atoms with Crippen molar-refractivity contribution in [1.82, 2.24) is 9.97 Å². The minimum atomic E-state index is 0.705. The summed E-state index contributed by atoms with van der Waals surface area (Å²) in [7, 11) is 3.47. The van der Waals surface area contributed by atoms with Gasteiger partial charge in [0.15, 0.2) is 0 Å². The summed E-state index contributed by atoms with van der Waals surface area (Å²) in [6, 6.07) is 7.61. The van der Waals surface area contributed by atoms with Crippen molar-refractivity contribution in [3.8, 4) is 5.75 Å². The first kappa shape index (κ1) is 13.6. The van der Waals surface area contributed by atoms with E-state index in [-0.39, 0.29) is 0 Å². The molecule has 2 rings (SSSR count). The Morgan fingerprint density at radius 3 is 2.53 bits per heavy atom. The number of anilines is 3. The minimum Gasteiger partial charge on any atom is -0.497 e. The zero-order valence-electron chi connectivity index (χ0n) is 11.0. The van der Waals surface area contributed by atoms with E-state index in [4.69, 9.17) is 4.74 Å². The monoisotopic (exact) mass is 322 g/mol. The molecule has 1 heterocycles. The maximum absolute atomic E-state index is 5.23. The first-order valence-electron chi connectivity index (χ1n) is 5.76. The molecule has 0 spiro atoms. The molecule has 0 atom stereocenters. The van der Waals surface area contributed by atoms with Gasteiger partial charge in [-0.3, -0.25) is 0 Å². The largest absolute Gasteiger partial charge is 0.497 e. The lowest BCUT2D eigenvalue weighted by atomic mass is 10.3. The fraction of sp³-hybridized carbons (Fsp3) is 0.231. The maximum Gasteiger partial charge on any atom is 0.136 e. The summed E-state index contributed by atoms with van der Waals surface area (Å²) in [5.41, 5.74) is 0.895. The number of hydrogen-bond donors (Lipinski definition) is 2. The van der Waals surface area contributed by atoms with E-state index in [1.54, 1.807) is 7.11 Å². The lowest BCUT2D eigenvalue weighted by molar-refractivity contribution is 0.415. The van der Waals surface area contributed by atoms with Crippen LogP contribution in [-0.4, -0.2) is 24.1 Å². The van der Waals surface area contributed by atoms with Crippen LogP contribution in [0, 0.1) is 6.92 Å². The number of rotatable bonds is 4. The van der Waals surface area contributed by atoms with Crippen molar-refractivity contribution in [2.24, 2.45) is 0 Å². The molecule has 100 valence electrons. The summed E-state index contributed by atoms with van der Waals surface area (Å²) in [6.45, 7) is 1.85. The van der Waals surface area contributed by atoms with Crippen LogP contribution in [0.4, 0.5) is 17.3 Å². The highest BCUT2D eigenvalue weighted by atomic mass is 79.9. The molecule has 0 saturated carbocycles. The second-order valence-corrected chi connectivity index (χ2v) is 4.86. The molecule has 19 heavy (non-hydrogen) atoms. The van der Waals surface area contributed by atoms with E-state index >= 15 is 0 Å². The third-order valence-electron chi connectivity index (χ3n) is 2.47. The van der Waals surface area contributed by atoms with Crippen molar-refractivity contribution in [2.45, 2.75) is 6.92 Å². The number of hydrogen-bond acceptors (Lipinski definition) is 5. The van der Waals surface area contributed by atoms with Gasteiger partial charge in [-0.05, 0) is 19.1 Å². The van der Waals surface area contributed by atoms with Crippen LogP contribution in [0.1, 0.15) is 5.82 Å². The van der Waals surface area contributed by atoms with E-state index in [1.807, 2.05) is 38.2 Å². The third kappa shape index (κ3) is 3.57. The second kappa shape index (κ2) is 5.88. The van der Waals surface area contributed by atoms with Crippen molar-refractivity contribution >= 4 is 33.3 Å². The Morgan fingerprint density at radius 1 is 1.11 bits per heavy atom. The fourth-order valence-corrected chi connectivity index (χ4v) is 2.13. The zero-order valence-corrected chi connectivity index (χ0v) is 12.6. The maximum atomic E-state index is 5.23. The van der Waals surface area contributed by atoms with E-state index in [0.717, 1.165) is 27.5 Å². The Bertz CT molecular complexity index is 537. The van der Waals surface area contributed by atoms with E-state index in [0.29, 0.717) is 5.82 Å². The molecule has 0 aliphatic heterocycles. The van der Waals surface area contributed by atoms with Crippen molar-refractivity contribution in [2.75, 3.05) is 24.8 Å². The van der Waals surface area contributed by atoms with Crippen LogP contribution in [0.5, 0.6) is 5.75 Å². The first-order chi connectivity index (χ1) is 9.10. The van der Waals surface area contributed by atoms with Crippen LogP contribution in [0.3, 0.4) is 0 Å². The predicted octanol–water partition coefficient (Wildman–Crippen LogP) is 3.34. The van der Waals surface area contributed by atoms with Gasteiger partial charge in [-0.2, -0.15) is 0 Å². The number of halogens is 1. The molecule has 1 aromatic carbocycles. The first-order valence-corrected chi connectivity index (χ1v) is 6.55. The van der Waals surface area contributed by atoms with E-state index in [1.165, 1.54) is 0 Å². The van der Waals surface area contributed by atoms with Crippen LogP contribution in [0.15, 0.2) is 28.7 Å². The molecular weight excluding hydrogens is 308 g/mol. The molecule has 0 aliphatic carbocycles. The Kier molecular flexibility index (Phi) is 4.21. The molecule has 0 radical (unpaired) electrons. The van der Waals surface area contributed by atoms with Crippen LogP contribution in [0.2, 0.25) is 0 Å². The molecule has 0 bridgehead atoms. The summed E-state index contributed by atoms with van der Waals surface area (Å²) in [6.07, 6.45) is 0. The highest BCUT2D eigenvalue weighted by Crippen LogP contribution is 2.26. The molecule has 0 amide bonds. The van der Waals surface area contributed by atoms with Gasteiger partial charge in [0.05, 0.1) is 7.11 Å². The van der Waals surface area contributed by atoms with Gasteiger partial charge in [0.1, 0.15) is 23.2 Å². The Labute approximate surface area is 120 Å². The molecule has 2 N–H and O–H groups in total. The number of aryl methyl sites for hydroxylation is 1. The SMILES string of the molecule is CNc1cc(Nc2cc(Br)cc(OC)c2)nc(C)n1. The third-order valence-corrected chi connectivity index (χ3v) is 2.93. The number of benzene rings is 1. The Balaban J connectivity index is 2.30. The van der Waals surface area contributed by atoms with Crippen LogP contribution in [0.25, 0.3) is 0 Å². The van der Waals surface area contributed by atoms with Gasteiger partial charge >= 0.3 is 0 Å². The van der Waals surface area contributed by atoms with Gasteiger partial charge in [0, 0.05) is 29.3 Å². The fourth-order valence-electron chi connectivity index (χ4n) is 1.66. The van der Waals surface area contributed by atoms with Crippen molar-refractivity contribution in [3.63, 3.8) is 0 Å². The highest BCUT2D eigenvalue weighted by molar-refractivity contribution is 9.10. The van der Waals surface area contributed by atoms with Crippen LogP contribution in [-0.2, 0) is 0 Å². The summed E-state index contributed by atoms with van der Waals surface area (Å²) in [5, 5.41) is 6.24. The molecule has 5 nitrogen and oxygen atoms in total. The summed E-state index contributed by atoms with van der Waals surface area (Å²) < 4.78 is 6.17. The molecule has 0 fully saturated rings. The summed E-state index contributed by atoms with van der Waals surface area (Å²) in [4.78, 5) is 8.59. The van der Waals surface area contributed by atoms with E-state index < -0.39 is 0 Å². The molecule has 1 aromatic heterocycles. The van der Waals surface area contributed by atoms with E-state index in [9.17, 15) is 0 Å². The predicted molar refractivity (Wildman–Crippen MR) is 80.3 cm³/mol. The van der Waals surface area contributed by atoms with Gasteiger partial charge in [0.25, 0.3) is 0 Å². The lowest BCUT2D eigenvalue weighted by Gasteiger charge is -2.10. The number of methoxy groups -OCH3 is 1. The molecule has 0 aliphatic rings. The number of aromatic nitrogens is 2. The molecule has 0 saturated heterocycles. The van der Waals surface area contributed by atoms with E-state index in [2.05, 4.69) is 36.5 Å². The molecule has 0 unspecified atom stereocenters. The van der Waals surface area contributed by atoms with Gasteiger partial charge in [-0.1, -0.05) is 15.9 Å². The van der Waals surface area contributed by atoms with Crippen molar-refractivity contribution in [1.29, 1.82) is 0 Å². The molecular formula is C13H15BrN4O. The summed E-state index contributed by atoms with van der Waals surface area (Å²) >= 11 is 3.44. The number of nitrogens with zero attached hydrogens (tertiary/aromatic N) is 2. The number of ether oxygens (including phenoxy) is 1. The zero-order chi connectivity index (χ0) is 13.8. The smallest absolute Gasteiger partial charge is 0.136 e. The Morgan fingerprint density at radius 2 is 1.84 bits per heavy atom. The Hall–Kier alpha value is -1.82. The standard InChI is InChI=1S/C13H15BrN4O/c1-8-16-12(15-2)7-13(17-8)18-10-4-9(14)5-11(6-10)19-3/h4-7H,1-3H3,(H2,15,16,17,18). The molecule has 2 aromatic rings. The topological polar surface area (TPSA) is 59.1 Å². The van der Waals surface area contributed by atoms with Gasteiger partial charge in [0.2, 0.25) is 0 Å². The average molecular weight is 323 g/mol.